The Morgan fingerprint density at radius 2 is 1.66 bits per heavy atom. The van der Waals surface area contributed by atoms with E-state index >= 15 is 0 Å². The van der Waals surface area contributed by atoms with Gasteiger partial charge in [0.25, 0.3) is 0 Å². The number of amides is 2. The Bertz CT molecular complexity index is 1030. The number of aliphatic carboxylic acids is 1. The predicted octanol–water partition coefficient (Wildman–Crippen LogP) is 4.82. The number of benzene rings is 2. The van der Waals surface area contributed by atoms with Crippen molar-refractivity contribution in [3.8, 4) is 11.1 Å². The number of nitrogens with one attached hydrogen (secondary N) is 1. The molecule has 2 N–H and O–H groups in total. The van der Waals surface area contributed by atoms with Gasteiger partial charge < -0.3 is 20.1 Å². The van der Waals surface area contributed by atoms with Crippen LogP contribution in [0.3, 0.4) is 0 Å². The summed E-state index contributed by atoms with van der Waals surface area (Å²) in [5.41, 5.74) is 4.49. The summed E-state index contributed by atoms with van der Waals surface area (Å²) in [6, 6.07) is 16.4. The molecule has 0 bridgehead atoms. The largest absolute Gasteiger partial charge is 0.480 e. The number of rotatable bonds is 12. The highest BCUT2D eigenvalue weighted by molar-refractivity contribution is 5.81. The average molecular weight is 479 g/mol. The minimum Gasteiger partial charge on any atom is -0.480 e. The van der Waals surface area contributed by atoms with Gasteiger partial charge in [-0.05, 0) is 40.5 Å². The molecule has 0 aliphatic heterocycles. The van der Waals surface area contributed by atoms with Gasteiger partial charge in [-0.25, -0.2) is 4.79 Å². The molecule has 7 nitrogen and oxygen atoms in total. The number of nitrogens with zero attached hydrogens (tertiary/aromatic N) is 1. The van der Waals surface area contributed by atoms with Crippen molar-refractivity contribution >= 4 is 18.0 Å². The summed E-state index contributed by atoms with van der Waals surface area (Å²) in [5.74, 6) is -1.25. The number of ether oxygens (including phenoxy) is 1. The van der Waals surface area contributed by atoms with E-state index in [2.05, 4.69) is 36.2 Å². The topological polar surface area (TPSA) is 95.9 Å². The number of hydrogen-bond acceptors (Lipinski definition) is 4. The highest BCUT2D eigenvalue weighted by Crippen LogP contribution is 2.44. The van der Waals surface area contributed by atoms with E-state index in [1.54, 1.807) is 0 Å². The summed E-state index contributed by atoms with van der Waals surface area (Å²) in [6.07, 6.45) is 2.53. The maximum Gasteiger partial charge on any atom is 0.407 e. The number of carboxylic acids is 1. The van der Waals surface area contributed by atoms with Crippen LogP contribution in [0.15, 0.2) is 61.2 Å². The number of fused-ring (bicyclic) bond motifs is 3. The number of alkyl carbamates (subject to hydrolysis) is 1. The molecular weight excluding hydrogens is 444 g/mol. The van der Waals surface area contributed by atoms with Crippen LogP contribution in [-0.2, 0) is 14.3 Å². The quantitative estimate of drug-likeness (QED) is 0.427. The van der Waals surface area contributed by atoms with E-state index in [4.69, 9.17) is 9.84 Å². The van der Waals surface area contributed by atoms with E-state index in [1.807, 2.05) is 38.1 Å². The van der Waals surface area contributed by atoms with E-state index in [9.17, 15) is 14.4 Å². The molecule has 0 saturated carbocycles. The molecule has 35 heavy (non-hydrogen) atoms. The molecule has 7 heteroatoms. The monoisotopic (exact) mass is 478 g/mol. The fraction of sp³-hybridized carbons (Fsp3) is 0.393. The van der Waals surface area contributed by atoms with Gasteiger partial charge in [-0.15, -0.1) is 6.58 Å². The van der Waals surface area contributed by atoms with Gasteiger partial charge in [0.05, 0.1) is 0 Å². The number of carboxylic acid groups (broad SMARTS) is 1. The van der Waals surface area contributed by atoms with Gasteiger partial charge in [-0.3, -0.25) is 9.59 Å². The average Bonchev–Trinajstić information content (AvgIpc) is 3.14. The zero-order valence-corrected chi connectivity index (χ0v) is 20.5. The van der Waals surface area contributed by atoms with Crippen LogP contribution in [-0.4, -0.2) is 54.2 Å². The lowest BCUT2D eigenvalue weighted by atomic mass is 9.84. The number of carbonyl (C=O) groups excluding carboxylic acids is 2. The summed E-state index contributed by atoms with van der Waals surface area (Å²) in [5, 5.41) is 11.8. The number of carbonyl (C=O) groups is 3. The third-order valence-electron chi connectivity index (χ3n) is 6.46. The Hall–Kier alpha value is -3.61. The van der Waals surface area contributed by atoms with E-state index in [0.29, 0.717) is 19.4 Å². The van der Waals surface area contributed by atoms with Crippen LogP contribution in [0.4, 0.5) is 4.79 Å². The van der Waals surface area contributed by atoms with E-state index < -0.39 is 12.1 Å². The van der Waals surface area contributed by atoms with Gasteiger partial charge in [0.15, 0.2) is 0 Å². The first-order valence-electron chi connectivity index (χ1n) is 11.9. The van der Waals surface area contributed by atoms with Crippen molar-refractivity contribution in [2.75, 3.05) is 26.2 Å². The van der Waals surface area contributed by atoms with Gasteiger partial charge in [-0.2, -0.15) is 0 Å². The second-order valence-corrected chi connectivity index (χ2v) is 9.62. The molecular formula is C28H34N2O5. The Morgan fingerprint density at radius 1 is 1.06 bits per heavy atom. The van der Waals surface area contributed by atoms with E-state index in [-0.39, 0.29) is 43.4 Å². The van der Waals surface area contributed by atoms with Crippen LogP contribution >= 0.6 is 0 Å². The fourth-order valence-corrected chi connectivity index (χ4v) is 4.45. The zero-order chi connectivity index (χ0) is 25.4. The van der Waals surface area contributed by atoms with E-state index in [1.165, 1.54) is 33.2 Å². The molecule has 2 aromatic carbocycles. The Morgan fingerprint density at radius 3 is 2.23 bits per heavy atom. The lowest BCUT2D eigenvalue weighted by Crippen LogP contribution is -2.36. The maximum absolute atomic E-state index is 12.4. The number of hydrogen-bond donors (Lipinski definition) is 2. The molecule has 3 rings (SSSR count). The molecule has 1 aliphatic rings. The van der Waals surface area contributed by atoms with Gasteiger partial charge >= 0.3 is 12.1 Å². The van der Waals surface area contributed by atoms with Gasteiger partial charge in [0.1, 0.15) is 13.2 Å². The molecule has 0 heterocycles. The molecule has 0 radical (unpaired) electrons. The third-order valence-corrected chi connectivity index (χ3v) is 6.46. The Labute approximate surface area is 206 Å². The summed E-state index contributed by atoms with van der Waals surface area (Å²) in [7, 11) is 0. The lowest BCUT2D eigenvalue weighted by molar-refractivity contribution is -0.144. The maximum atomic E-state index is 12.4. The van der Waals surface area contributed by atoms with Crippen molar-refractivity contribution in [1.29, 1.82) is 0 Å². The molecule has 0 unspecified atom stereocenters. The predicted molar refractivity (Wildman–Crippen MR) is 135 cm³/mol. The zero-order valence-electron chi connectivity index (χ0n) is 20.5. The van der Waals surface area contributed by atoms with Crippen molar-refractivity contribution in [1.82, 2.24) is 10.2 Å². The first-order valence-corrected chi connectivity index (χ1v) is 11.9. The summed E-state index contributed by atoms with van der Waals surface area (Å²) < 4.78 is 5.57. The van der Waals surface area contributed by atoms with Gasteiger partial charge in [0.2, 0.25) is 5.91 Å². The molecule has 0 fully saturated rings. The second kappa shape index (κ2) is 11.7. The minimum absolute atomic E-state index is 0.0138. The standard InChI is InChI=1S/C28H34N2O5/c1-4-17-30(18-26(32)33)25(31)13-14-28(2,3)15-16-29-27(34)35-19-24-22-11-7-5-9-20(22)21-10-6-8-12-23(21)24/h4-12,24H,1,13-19H2,2-3H3,(H,29,34)(H,32,33). The van der Waals surface area contributed by atoms with Crippen molar-refractivity contribution < 1.29 is 24.2 Å². The van der Waals surface area contributed by atoms with Crippen LogP contribution in [0, 0.1) is 5.41 Å². The van der Waals surface area contributed by atoms with Crippen LogP contribution in [0.5, 0.6) is 0 Å². The van der Waals surface area contributed by atoms with Crippen molar-refractivity contribution in [3.05, 3.63) is 72.3 Å². The molecule has 0 aromatic heterocycles. The molecule has 2 amide bonds. The lowest BCUT2D eigenvalue weighted by Gasteiger charge is -2.26. The molecule has 1 aliphatic carbocycles. The van der Waals surface area contributed by atoms with Crippen LogP contribution in [0.25, 0.3) is 11.1 Å². The van der Waals surface area contributed by atoms with Crippen molar-refractivity contribution in [2.24, 2.45) is 5.41 Å². The molecule has 0 spiro atoms. The van der Waals surface area contributed by atoms with Gasteiger partial charge in [0, 0.05) is 25.4 Å². The molecule has 186 valence electrons. The highest BCUT2D eigenvalue weighted by Gasteiger charge is 2.29. The second-order valence-electron chi connectivity index (χ2n) is 9.62. The van der Waals surface area contributed by atoms with Crippen molar-refractivity contribution in [3.63, 3.8) is 0 Å². The smallest absolute Gasteiger partial charge is 0.407 e. The summed E-state index contributed by atoms with van der Waals surface area (Å²) >= 11 is 0. The molecule has 0 saturated heterocycles. The van der Waals surface area contributed by atoms with Crippen LogP contribution < -0.4 is 5.32 Å². The minimum atomic E-state index is -1.05. The first kappa shape index (κ1) is 26.0. The molecule has 0 atom stereocenters. The Balaban J connectivity index is 1.44. The fourth-order valence-electron chi connectivity index (χ4n) is 4.45. The first-order chi connectivity index (χ1) is 16.7. The van der Waals surface area contributed by atoms with E-state index in [0.717, 1.165) is 0 Å². The summed E-state index contributed by atoms with van der Waals surface area (Å²) in [4.78, 5) is 37.0. The molecule has 2 aromatic rings. The van der Waals surface area contributed by atoms with Gasteiger partial charge in [-0.1, -0.05) is 68.5 Å². The highest BCUT2D eigenvalue weighted by atomic mass is 16.5. The third kappa shape index (κ3) is 6.94. The van der Waals surface area contributed by atoms with Crippen LogP contribution in [0.2, 0.25) is 0 Å². The summed E-state index contributed by atoms with van der Waals surface area (Å²) in [6.45, 7) is 8.17. The normalized spacial score (nSPS) is 12.4. The van der Waals surface area contributed by atoms with Crippen LogP contribution in [0.1, 0.15) is 50.2 Å². The Kier molecular flexibility index (Phi) is 8.68. The SMILES string of the molecule is C=CCN(CC(=O)O)C(=O)CCC(C)(C)CCNC(=O)OCC1c2ccccc2-c2ccccc21. The van der Waals surface area contributed by atoms with Crippen molar-refractivity contribution in [2.45, 2.75) is 39.0 Å².